The van der Waals surface area contributed by atoms with Gasteiger partial charge in [0.2, 0.25) is 0 Å². The van der Waals surface area contributed by atoms with Gasteiger partial charge in [-0.3, -0.25) is 4.79 Å². The van der Waals surface area contributed by atoms with Gasteiger partial charge in [0, 0.05) is 19.7 Å². The molecular formula is C10H13FN2O2. The highest BCUT2D eigenvalue weighted by molar-refractivity contribution is 5.77. The standard InChI is InChI=1S/C10H13FN2O2/c1-13-10(14)6-15-9-3-7(5-12)2-8(11)4-9/h2-4H,5-6,12H2,1H3,(H,13,14). The van der Waals surface area contributed by atoms with Crippen molar-refractivity contribution in [2.24, 2.45) is 5.73 Å². The molecular weight excluding hydrogens is 199 g/mol. The van der Waals surface area contributed by atoms with E-state index in [-0.39, 0.29) is 19.1 Å². The number of amides is 1. The fourth-order valence-corrected chi connectivity index (χ4v) is 1.04. The van der Waals surface area contributed by atoms with Gasteiger partial charge in [-0.2, -0.15) is 0 Å². The Morgan fingerprint density at radius 3 is 2.87 bits per heavy atom. The molecule has 0 aromatic heterocycles. The number of halogens is 1. The third-order valence-corrected chi connectivity index (χ3v) is 1.82. The average Bonchev–Trinajstić information content (AvgIpc) is 2.25. The van der Waals surface area contributed by atoms with Gasteiger partial charge in [-0.05, 0) is 17.7 Å². The second kappa shape index (κ2) is 5.31. The van der Waals surface area contributed by atoms with Gasteiger partial charge in [0.15, 0.2) is 6.61 Å². The number of benzene rings is 1. The number of hydrogen-bond acceptors (Lipinski definition) is 3. The summed E-state index contributed by atoms with van der Waals surface area (Å²) in [5, 5.41) is 2.40. The number of nitrogens with one attached hydrogen (secondary N) is 1. The maximum absolute atomic E-state index is 13.0. The Bertz CT molecular complexity index is 355. The van der Waals surface area contributed by atoms with Gasteiger partial charge in [0.1, 0.15) is 11.6 Å². The SMILES string of the molecule is CNC(=O)COc1cc(F)cc(CN)c1. The van der Waals surface area contributed by atoms with E-state index in [4.69, 9.17) is 10.5 Å². The summed E-state index contributed by atoms with van der Waals surface area (Å²) >= 11 is 0. The van der Waals surface area contributed by atoms with E-state index >= 15 is 0 Å². The Balaban J connectivity index is 2.68. The van der Waals surface area contributed by atoms with Crippen LogP contribution in [-0.4, -0.2) is 19.6 Å². The van der Waals surface area contributed by atoms with Crippen molar-refractivity contribution < 1.29 is 13.9 Å². The molecule has 4 nitrogen and oxygen atoms in total. The van der Waals surface area contributed by atoms with E-state index in [2.05, 4.69) is 5.32 Å². The molecule has 0 aliphatic heterocycles. The van der Waals surface area contributed by atoms with Crippen molar-refractivity contribution >= 4 is 5.91 Å². The van der Waals surface area contributed by atoms with Crippen molar-refractivity contribution in [3.63, 3.8) is 0 Å². The minimum Gasteiger partial charge on any atom is -0.484 e. The van der Waals surface area contributed by atoms with Crippen LogP contribution in [0.1, 0.15) is 5.56 Å². The predicted octanol–water partition coefficient (Wildman–Crippen LogP) is 0.409. The second-order valence-corrected chi connectivity index (χ2v) is 2.96. The molecule has 0 spiro atoms. The van der Waals surface area contributed by atoms with Gasteiger partial charge in [0.05, 0.1) is 0 Å². The van der Waals surface area contributed by atoms with Crippen LogP contribution >= 0.6 is 0 Å². The summed E-state index contributed by atoms with van der Waals surface area (Å²) in [5.41, 5.74) is 5.99. The number of carbonyl (C=O) groups is 1. The minimum absolute atomic E-state index is 0.135. The number of hydrogen-bond donors (Lipinski definition) is 2. The lowest BCUT2D eigenvalue weighted by Crippen LogP contribution is -2.24. The summed E-state index contributed by atoms with van der Waals surface area (Å²) in [4.78, 5) is 10.9. The van der Waals surface area contributed by atoms with Crippen molar-refractivity contribution in [1.82, 2.24) is 5.32 Å². The van der Waals surface area contributed by atoms with Crippen LogP contribution < -0.4 is 15.8 Å². The zero-order valence-electron chi connectivity index (χ0n) is 8.42. The van der Waals surface area contributed by atoms with Crippen molar-refractivity contribution in [3.05, 3.63) is 29.6 Å². The first-order valence-electron chi connectivity index (χ1n) is 4.48. The van der Waals surface area contributed by atoms with Gasteiger partial charge in [-0.1, -0.05) is 0 Å². The number of rotatable bonds is 4. The van der Waals surface area contributed by atoms with E-state index in [1.165, 1.54) is 19.2 Å². The Kier molecular flexibility index (Phi) is 4.05. The quantitative estimate of drug-likeness (QED) is 0.759. The van der Waals surface area contributed by atoms with E-state index in [1.54, 1.807) is 6.07 Å². The summed E-state index contributed by atoms with van der Waals surface area (Å²) in [5.74, 6) is -0.391. The van der Waals surface area contributed by atoms with Gasteiger partial charge in [-0.25, -0.2) is 4.39 Å². The lowest BCUT2D eigenvalue weighted by molar-refractivity contribution is -0.122. The molecule has 0 aliphatic carbocycles. The molecule has 0 radical (unpaired) electrons. The van der Waals surface area contributed by atoms with E-state index in [0.717, 1.165) is 0 Å². The maximum Gasteiger partial charge on any atom is 0.257 e. The first-order valence-corrected chi connectivity index (χ1v) is 4.48. The smallest absolute Gasteiger partial charge is 0.257 e. The summed E-state index contributed by atoms with van der Waals surface area (Å²) in [6.07, 6.45) is 0. The van der Waals surface area contributed by atoms with Crippen LogP contribution in [0.4, 0.5) is 4.39 Å². The van der Waals surface area contributed by atoms with Crippen LogP contribution in [0.2, 0.25) is 0 Å². The fraction of sp³-hybridized carbons (Fsp3) is 0.300. The molecule has 0 saturated heterocycles. The van der Waals surface area contributed by atoms with Crippen LogP contribution in [0.3, 0.4) is 0 Å². The predicted molar refractivity (Wildman–Crippen MR) is 53.9 cm³/mol. The van der Waals surface area contributed by atoms with Gasteiger partial charge >= 0.3 is 0 Å². The highest BCUT2D eigenvalue weighted by atomic mass is 19.1. The van der Waals surface area contributed by atoms with E-state index in [9.17, 15) is 9.18 Å². The van der Waals surface area contributed by atoms with Crippen LogP contribution in [0.25, 0.3) is 0 Å². The topological polar surface area (TPSA) is 64.3 Å². The minimum atomic E-state index is -0.426. The first-order chi connectivity index (χ1) is 7.15. The largest absolute Gasteiger partial charge is 0.484 e. The van der Waals surface area contributed by atoms with Gasteiger partial charge < -0.3 is 15.8 Å². The number of carbonyl (C=O) groups excluding carboxylic acids is 1. The van der Waals surface area contributed by atoms with Crippen LogP contribution in [-0.2, 0) is 11.3 Å². The summed E-state index contributed by atoms with van der Waals surface area (Å²) < 4.78 is 18.1. The van der Waals surface area contributed by atoms with E-state index in [1.807, 2.05) is 0 Å². The average molecular weight is 212 g/mol. The fourth-order valence-electron chi connectivity index (χ4n) is 1.04. The van der Waals surface area contributed by atoms with Crippen molar-refractivity contribution in [2.45, 2.75) is 6.54 Å². The zero-order valence-corrected chi connectivity index (χ0v) is 8.42. The molecule has 82 valence electrons. The Morgan fingerprint density at radius 2 is 2.27 bits per heavy atom. The third-order valence-electron chi connectivity index (χ3n) is 1.82. The molecule has 0 atom stereocenters. The van der Waals surface area contributed by atoms with Crippen molar-refractivity contribution in [1.29, 1.82) is 0 Å². The van der Waals surface area contributed by atoms with Gasteiger partial charge in [-0.15, -0.1) is 0 Å². The van der Waals surface area contributed by atoms with Crippen molar-refractivity contribution in [2.75, 3.05) is 13.7 Å². The number of nitrogens with two attached hydrogens (primary N) is 1. The molecule has 1 rings (SSSR count). The highest BCUT2D eigenvalue weighted by Gasteiger charge is 2.03. The molecule has 0 unspecified atom stereocenters. The van der Waals surface area contributed by atoms with Crippen LogP contribution in [0.15, 0.2) is 18.2 Å². The summed E-state index contributed by atoms with van der Waals surface area (Å²) in [7, 11) is 1.50. The maximum atomic E-state index is 13.0. The monoisotopic (exact) mass is 212 g/mol. The molecule has 0 fully saturated rings. The summed E-state index contributed by atoms with van der Waals surface area (Å²) in [6, 6.07) is 4.14. The molecule has 15 heavy (non-hydrogen) atoms. The molecule has 1 aromatic carbocycles. The Labute approximate surface area is 87.2 Å². The molecule has 1 amide bonds. The van der Waals surface area contributed by atoms with Crippen LogP contribution in [0, 0.1) is 5.82 Å². The molecule has 1 aromatic rings. The molecule has 0 saturated carbocycles. The zero-order chi connectivity index (χ0) is 11.3. The van der Waals surface area contributed by atoms with E-state index in [0.29, 0.717) is 11.3 Å². The van der Waals surface area contributed by atoms with Crippen LogP contribution in [0.5, 0.6) is 5.75 Å². The molecule has 3 N–H and O–H groups in total. The highest BCUT2D eigenvalue weighted by Crippen LogP contribution is 2.15. The third kappa shape index (κ3) is 3.55. The van der Waals surface area contributed by atoms with Crippen molar-refractivity contribution in [3.8, 4) is 5.75 Å². The van der Waals surface area contributed by atoms with Gasteiger partial charge in [0.25, 0.3) is 5.91 Å². The Hall–Kier alpha value is -1.62. The molecule has 0 bridgehead atoms. The van der Waals surface area contributed by atoms with E-state index < -0.39 is 5.82 Å². The first kappa shape index (κ1) is 11.5. The molecule has 5 heteroatoms. The number of ether oxygens (including phenoxy) is 1. The normalized spacial score (nSPS) is 9.80. The summed E-state index contributed by atoms with van der Waals surface area (Å²) in [6.45, 7) is 0.0953. The lowest BCUT2D eigenvalue weighted by atomic mass is 10.2. The number of likely N-dealkylation sites (N-methyl/N-ethyl adjacent to an activating group) is 1. The molecule has 0 heterocycles. The Morgan fingerprint density at radius 1 is 1.53 bits per heavy atom. The lowest BCUT2D eigenvalue weighted by Gasteiger charge is -2.06. The second-order valence-electron chi connectivity index (χ2n) is 2.96. The molecule has 0 aliphatic rings.